The molecule has 0 aliphatic heterocycles. The van der Waals surface area contributed by atoms with Gasteiger partial charge in [0.05, 0.1) is 0 Å². The molecule has 0 aromatic rings. The molecule has 0 amide bonds. The maximum absolute atomic E-state index is 3.76. The molecule has 0 saturated carbocycles. The van der Waals surface area contributed by atoms with Gasteiger partial charge in [-0.05, 0) is 40.0 Å². The number of rotatable bonds is 5. The van der Waals surface area contributed by atoms with Gasteiger partial charge in [0, 0.05) is 0 Å². The quantitative estimate of drug-likeness (QED) is 0.538. The van der Waals surface area contributed by atoms with E-state index in [0.717, 1.165) is 19.3 Å². The van der Waals surface area contributed by atoms with E-state index in [1.807, 2.05) is 6.08 Å². The molecular weight excluding hydrogens is 156 g/mol. The van der Waals surface area contributed by atoms with Gasteiger partial charge in [0.1, 0.15) is 0 Å². The molecule has 0 radical (unpaired) electrons. The molecular formula is C13H22. The molecule has 0 saturated heterocycles. The van der Waals surface area contributed by atoms with Crippen molar-refractivity contribution < 1.29 is 0 Å². The minimum atomic E-state index is 1.02. The molecule has 0 aromatic carbocycles. The van der Waals surface area contributed by atoms with Crippen LogP contribution in [0.4, 0.5) is 0 Å². The smallest absolute Gasteiger partial charge is 0.0106 e. The van der Waals surface area contributed by atoms with Crippen molar-refractivity contribution in [1.82, 2.24) is 0 Å². The number of hydrogen-bond acceptors (Lipinski definition) is 0. The summed E-state index contributed by atoms with van der Waals surface area (Å²) < 4.78 is 0. The Morgan fingerprint density at radius 2 is 1.85 bits per heavy atom. The third kappa shape index (κ3) is 4.72. The van der Waals surface area contributed by atoms with E-state index in [4.69, 9.17) is 0 Å². The Morgan fingerprint density at radius 1 is 1.23 bits per heavy atom. The van der Waals surface area contributed by atoms with Crippen LogP contribution in [0.3, 0.4) is 0 Å². The Balaban J connectivity index is 4.33. The van der Waals surface area contributed by atoms with Crippen LogP contribution in [0.25, 0.3) is 0 Å². The number of hydrogen-bond donors (Lipinski definition) is 0. The van der Waals surface area contributed by atoms with E-state index in [9.17, 15) is 0 Å². The van der Waals surface area contributed by atoms with E-state index in [0.29, 0.717) is 0 Å². The van der Waals surface area contributed by atoms with Crippen LogP contribution in [0, 0.1) is 0 Å². The Labute approximate surface area is 83.0 Å². The Kier molecular flexibility index (Phi) is 6.30. The summed E-state index contributed by atoms with van der Waals surface area (Å²) in [5.41, 5.74) is 4.50. The van der Waals surface area contributed by atoms with Gasteiger partial charge in [0.2, 0.25) is 0 Å². The normalized spacial score (nSPS) is 14.0. The van der Waals surface area contributed by atoms with Gasteiger partial charge in [0.15, 0.2) is 0 Å². The molecule has 0 N–H and O–H groups in total. The summed E-state index contributed by atoms with van der Waals surface area (Å²) in [6, 6.07) is 0. The van der Waals surface area contributed by atoms with Gasteiger partial charge >= 0.3 is 0 Å². The highest BCUT2D eigenvalue weighted by Gasteiger charge is 1.98. The first kappa shape index (κ1) is 12.2. The highest BCUT2D eigenvalue weighted by Crippen LogP contribution is 2.18. The van der Waals surface area contributed by atoms with Crippen LogP contribution in [0.1, 0.15) is 47.0 Å². The van der Waals surface area contributed by atoms with E-state index in [2.05, 4.69) is 40.3 Å². The molecule has 0 fully saturated rings. The summed E-state index contributed by atoms with van der Waals surface area (Å²) in [7, 11) is 0. The lowest BCUT2D eigenvalue weighted by molar-refractivity contribution is 0.969. The molecule has 0 aromatic heterocycles. The van der Waals surface area contributed by atoms with Crippen LogP contribution in [0.15, 0.2) is 35.5 Å². The monoisotopic (exact) mass is 178 g/mol. The van der Waals surface area contributed by atoms with Crippen LogP contribution in [-0.4, -0.2) is 0 Å². The van der Waals surface area contributed by atoms with Gasteiger partial charge in [-0.15, -0.1) is 6.58 Å². The van der Waals surface area contributed by atoms with E-state index < -0.39 is 0 Å². The molecule has 0 heteroatoms. The zero-order valence-corrected chi connectivity index (χ0v) is 9.48. The lowest BCUT2D eigenvalue weighted by atomic mass is 9.99. The van der Waals surface area contributed by atoms with Crippen LogP contribution < -0.4 is 0 Å². The Hall–Kier alpha value is -0.780. The van der Waals surface area contributed by atoms with Crippen LogP contribution in [-0.2, 0) is 0 Å². The van der Waals surface area contributed by atoms with E-state index in [-0.39, 0.29) is 0 Å². The van der Waals surface area contributed by atoms with Crippen molar-refractivity contribution in [1.29, 1.82) is 0 Å². The van der Waals surface area contributed by atoms with Crippen LogP contribution >= 0.6 is 0 Å². The van der Waals surface area contributed by atoms with Crippen molar-refractivity contribution in [2.45, 2.75) is 47.0 Å². The van der Waals surface area contributed by atoms with E-state index in [1.165, 1.54) is 16.7 Å². The molecule has 0 atom stereocenters. The van der Waals surface area contributed by atoms with Gasteiger partial charge in [-0.2, -0.15) is 0 Å². The second-order valence-corrected chi connectivity index (χ2v) is 3.53. The summed E-state index contributed by atoms with van der Waals surface area (Å²) in [5.74, 6) is 0. The zero-order valence-electron chi connectivity index (χ0n) is 9.48. The topological polar surface area (TPSA) is 0 Å². The summed E-state index contributed by atoms with van der Waals surface area (Å²) >= 11 is 0. The van der Waals surface area contributed by atoms with Crippen molar-refractivity contribution in [3.8, 4) is 0 Å². The van der Waals surface area contributed by atoms with Crippen molar-refractivity contribution in [2.75, 3.05) is 0 Å². The standard InChI is InChI=1S/C13H22/c1-6-9-13(8-3)10-12(5)11(4)7-2/h6,8H,1,7,9-10H2,2-5H3/b12-11-,13-8+. The lowest BCUT2D eigenvalue weighted by Crippen LogP contribution is -1.87. The molecule has 0 aliphatic carbocycles. The minimum Gasteiger partial charge on any atom is -0.103 e. The third-order valence-corrected chi connectivity index (χ3v) is 2.57. The summed E-state index contributed by atoms with van der Waals surface area (Å²) in [5, 5.41) is 0. The van der Waals surface area contributed by atoms with Crippen molar-refractivity contribution in [3.05, 3.63) is 35.5 Å². The number of allylic oxidation sites excluding steroid dienone is 5. The molecule has 74 valence electrons. The predicted octanol–water partition coefficient (Wildman–Crippen LogP) is 4.65. The first-order valence-corrected chi connectivity index (χ1v) is 5.05. The molecule has 0 spiro atoms. The van der Waals surface area contributed by atoms with Crippen molar-refractivity contribution in [2.24, 2.45) is 0 Å². The largest absolute Gasteiger partial charge is 0.103 e. The summed E-state index contributed by atoms with van der Waals surface area (Å²) in [6.45, 7) is 12.5. The minimum absolute atomic E-state index is 1.02. The second-order valence-electron chi connectivity index (χ2n) is 3.53. The second kappa shape index (κ2) is 6.71. The molecule has 13 heavy (non-hydrogen) atoms. The summed E-state index contributed by atoms with van der Waals surface area (Å²) in [4.78, 5) is 0. The van der Waals surface area contributed by atoms with Gasteiger partial charge in [-0.25, -0.2) is 0 Å². The van der Waals surface area contributed by atoms with E-state index in [1.54, 1.807) is 0 Å². The first-order chi connectivity index (χ1) is 6.15. The third-order valence-electron chi connectivity index (χ3n) is 2.57. The molecule has 0 nitrogen and oxygen atoms in total. The van der Waals surface area contributed by atoms with E-state index >= 15 is 0 Å². The fourth-order valence-electron chi connectivity index (χ4n) is 1.27. The fourth-order valence-corrected chi connectivity index (χ4v) is 1.27. The average Bonchev–Trinajstić information content (AvgIpc) is 2.15. The van der Waals surface area contributed by atoms with Gasteiger partial charge < -0.3 is 0 Å². The average molecular weight is 178 g/mol. The first-order valence-electron chi connectivity index (χ1n) is 5.05. The molecule has 0 unspecified atom stereocenters. The molecule has 0 rings (SSSR count). The van der Waals surface area contributed by atoms with Crippen LogP contribution in [0.5, 0.6) is 0 Å². The molecule has 0 aliphatic rings. The maximum atomic E-state index is 3.76. The highest BCUT2D eigenvalue weighted by molar-refractivity contribution is 5.19. The maximum Gasteiger partial charge on any atom is -0.0106 e. The van der Waals surface area contributed by atoms with Gasteiger partial charge in [-0.3, -0.25) is 0 Å². The summed E-state index contributed by atoms with van der Waals surface area (Å²) in [6.07, 6.45) is 7.47. The zero-order chi connectivity index (χ0) is 10.3. The molecule has 0 heterocycles. The molecule has 0 bridgehead atoms. The SMILES string of the molecule is C=CC/C(=C\C)C/C(C)=C(/C)CC. The van der Waals surface area contributed by atoms with Crippen molar-refractivity contribution in [3.63, 3.8) is 0 Å². The fraction of sp³-hybridized carbons (Fsp3) is 0.538. The van der Waals surface area contributed by atoms with Gasteiger partial charge in [-0.1, -0.05) is 35.8 Å². The van der Waals surface area contributed by atoms with Gasteiger partial charge in [0.25, 0.3) is 0 Å². The van der Waals surface area contributed by atoms with Crippen LogP contribution in [0.2, 0.25) is 0 Å². The van der Waals surface area contributed by atoms with Crippen molar-refractivity contribution >= 4 is 0 Å². The lowest BCUT2D eigenvalue weighted by Gasteiger charge is -2.08. The Morgan fingerprint density at radius 3 is 2.23 bits per heavy atom. The highest BCUT2D eigenvalue weighted by atomic mass is 14.0. The Bertz CT molecular complexity index is 216. The predicted molar refractivity (Wildman–Crippen MR) is 61.9 cm³/mol.